The molecule has 0 unspecified atom stereocenters. The molecule has 0 atom stereocenters. The molecule has 1 N–H and O–H groups in total. The Morgan fingerprint density at radius 1 is 1.24 bits per heavy atom. The fraction of sp³-hybridized carbons (Fsp3) is 0.500. The maximum Gasteiger partial charge on any atom is 0.152 e. The summed E-state index contributed by atoms with van der Waals surface area (Å²) < 4.78 is 35.9. The molecule has 0 radical (unpaired) electrons. The highest BCUT2D eigenvalue weighted by Gasteiger charge is 2.08. The summed E-state index contributed by atoms with van der Waals surface area (Å²) in [5.74, 6) is -0.0308. The van der Waals surface area contributed by atoms with Crippen LogP contribution in [0.4, 0.5) is 10.1 Å². The lowest BCUT2D eigenvalue weighted by Gasteiger charge is -2.08. The van der Waals surface area contributed by atoms with E-state index < -0.39 is 9.84 Å². The fourth-order valence-electron chi connectivity index (χ4n) is 1.60. The first-order valence-corrected chi connectivity index (χ1v) is 7.46. The van der Waals surface area contributed by atoms with Crippen molar-refractivity contribution in [2.45, 2.75) is 20.3 Å². The Hall–Kier alpha value is -1.10. The molecule has 1 aromatic rings. The zero-order chi connectivity index (χ0) is 12.9. The van der Waals surface area contributed by atoms with Gasteiger partial charge in [0.05, 0.1) is 5.75 Å². The summed E-state index contributed by atoms with van der Waals surface area (Å²) in [7, 11) is -2.98. The van der Waals surface area contributed by atoms with E-state index in [2.05, 4.69) is 5.32 Å². The minimum Gasteiger partial charge on any atom is -0.384 e. The molecule has 0 spiro atoms. The Bertz CT molecular complexity index is 451. The van der Waals surface area contributed by atoms with Gasteiger partial charge in [0.1, 0.15) is 5.82 Å². The normalized spacial score (nSPS) is 11.5. The van der Waals surface area contributed by atoms with Gasteiger partial charge in [0.25, 0.3) is 0 Å². The molecule has 5 heteroatoms. The molecule has 0 bridgehead atoms. The van der Waals surface area contributed by atoms with E-state index in [1.165, 1.54) is 12.1 Å². The van der Waals surface area contributed by atoms with Crippen molar-refractivity contribution in [2.24, 2.45) is 0 Å². The number of rotatable bonds is 6. The van der Waals surface area contributed by atoms with E-state index in [4.69, 9.17) is 0 Å². The molecule has 0 amide bonds. The number of hydrogen-bond donors (Lipinski definition) is 1. The number of hydrogen-bond acceptors (Lipinski definition) is 3. The van der Waals surface area contributed by atoms with Crippen molar-refractivity contribution in [2.75, 3.05) is 23.4 Å². The topological polar surface area (TPSA) is 46.2 Å². The standard InChI is InChI=1S/C12H18FNO2S/c1-3-5-17(15,16)6-4-14-12-8-10(2)7-11(13)9-12/h7-9,14H,3-6H2,1-2H3. The summed E-state index contributed by atoms with van der Waals surface area (Å²) >= 11 is 0. The van der Waals surface area contributed by atoms with Gasteiger partial charge in [0.2, 0.25) is 0 Å². The molecule has 0 fully saturated rings. The van der Waals surface area contributed by atoms with Crippen LogP contribution < -0.4 is 5.32 Å². The lowest BCUT2D eigenvalue weighted by atomic mass is 10.2. The van der Waals surface area contributed by atoms with Gasteiger partial charge in [-0.25, -0.2) is 12.8 Å². The first-order chi connectivity index (χ1) is 7.93. The van der Waals surface area contributed by atoms with Crippen LogP contribution in [-0.2, 0) is 9.84 Å². The van der Waals surface area contributed by atoms with Crippen molar-refractivity contribution >= 4 is 15.5 Å². The van der Waals surface area contributed by atoms with Crippen LogP contribution in [0, 0.1) is 12.7 Å². The second-order valence-corrected chi connectivity index (χ2v) is 6.40. The predicted octanol–water partition coefficient (Wildman–Crippen LogP) is 2.37. The van der Waals surface area contributed by atoms with Crippen LogP contribution in [-0.4, -0.2) is 26.5 Å². The summed E-state index contributed by atoms with van der Waals surface area (Å²) in [4.78, 5) is 0. The zero-order valence-corrected chi connectivity index (χ0v) is 11.0. The average molecular weight is 259 g/mol. The number of sulfone groups is 1. The molecule has 0 aromatic heterocycles. The highest BCUT2D eigenvalue weighted by Crippen LogP contribution is 2.12. The van der Waals surface area contributed by atoms with Crippen LogP contribution >= 0.6 is 0 Å². The van der Waals surface area contributed by atoms with Crippen molar-refractivity contribution in [3.05, 3.63) is 29.6 Å². The third-order valence-corrected chi connectivity index (χ3v) is 4.16. The van der Waals surface area contributed by atoms with E-state index >= 15 is 0 Å². The molecule has 1 aromatic carbocycles. The van der Waals surface area contributed by atoms with Crippen molar-refractivity contribution in [1.29, 1.82) is 0 Å². The van der Waals surface area contributed by atoms with Crippen LogP contribution in [0.2, 0.25) is 0 Å². The van der Waals surface area contributed by atoms with Gasteiger partial charge in [-0.05, 0) is 37.1 Å². The van der Waals surface area contributed by atoms with Gasteiger partial charge in [-0.1, -0.05) is 6.92 Å². The van der Waals surface area contributed by atoms with E-state index in [-0.39, 0.29) is 17.3 Å². The van der Waals surface area contributed by atoms with Crippen LogP contribution in [0.25, 0.3) is 0 Å². The van der Waals surface area contributed by atoms with E-state index in [0.717, 1.165) is 5.56 Å². The molecule has 0 saturated carbocycles. The van der Waals surface area contributed by atoms with Gasteiger partial charge in [0, 0.05) is 18.0 Å². The van der Waals surface area contributed by atoms with Crippen molar-refractivity contribution in [3.63, 3.8) is 0 Å². The molecule has 0 aliphatic rings. The number of aryl methyl sites for hydroxylation is 1. The van der Waals surface area contributed by atoms with Crippen LogP contribution in [0.3, 0.4) is 0 Å². The van der Waals surface area contributed by atoms with Crippen molar-refractivity contribution in [3.8, 4) is 0 Å². The van der Waals surface area contributed by atoms with Gasteiger partial charge >= 0.3 is 0 Å². The summed E-state index contributed by atoms with van der Waals surface area (Å²) in [6.07, 6.45) is 0.626. The minimum absolute atomic E-state index is 0.0798. The number of benzene rings is 1. The maximum absolute atomic E-state index is 13.1. The Morgan fingerprint density at radius 2 is 1.94 bits per heavy atom. The van der Waals surface area contributed by atoms with E-state index in [1.807, 2.05) is 6.92 Å². The number of halogens is 1. The molecule has 1 rings (SSSR count). The van der Waals surface area contributed by atoms with Gasteiger partial charge in [-0.15, -0.1) is 0 Å². The third kappa shape index (κ3) is 5.17. The molecule has 96 valence electrons. The molecule has 17 heavy (non-hydrogen) atoms. The lowest BCUT2D eigenvalue weighted by molar-refractivity contribution is 0.595. The second kappa shape index (κ2) is 6.00. The van der Waals surface area contributed by atoms with Crippen LogP contribution in [0.5, 0.6) is 0 Å². The second-order valence-electron chi connectivity index (χ2n) is 4.10. The molecular weight excluding hydrogens is 241 g/mol. The van der Waals surface area contributed by atoms with Gasteiger partial charge < -0.3 is 5.32 Å². The summed E-state index contributed by atoms with van der Waals surface area (Å²) in [6.45, 7) is 3.94. The number of anilines is 1. The van der Waals surface area contributed by atoms with E-state index in [1.54, 1.807) is 13.0 Å². The highest BCUT2D eigenvalue weighted by atomic mass is 32.2. The maximum atomic E-state index is 13.1. The Morgan fingerprint density at radius 3 is 2.53 bits per heavy atom. The first-order valence-electron chi connectivity index (χ1n) is 5.64. The quantitative estimate of drug-likeness (QED) is 0.853. The third-order valence-electron chi connectivity index (χ3n) is 2.30. The summed E-state index contributed by atoms with van der Waals surface area (Å²) in [5, 5.41) is 2.92. The molecule has 0 aliphatic heterocycles. The predicted molar refractivity (Wildman–Crippen MR) is 68.6 cm³/mol. The average Bonchev–Trinajstić information content (AvgIpc) is 2.15. The smallest absolute Gasteiger partial charge is 0.152 e. The Kier molecular flexibility index (Phi) is 4.93. The van der Waals surface area contributed by atoms with Gasteiger partial charge in [0.15, 0.2) is 9.84 Å². The fourth-order valence-corrected chi connectivity index (χ4v) is 2.84. The minimum atomic E-state index is -2.98. The summed E-state index contributed by atoms with van der Waals surface area (Å²) in [6, 6.07) is 4.58. The lowest BCUT2D eigenvalue weighted by Crippen LogP contribution is -2.18. The SMILES string of the molecule is CCCS(=O)(=O)CCNc1cc(C)cc(F)c1. The number of nitrogens with one attached hydrogen (secondary N) is 1. The largest absolute Gasteiger partial charge is 0.384 e. The van der Waals surface area contributed by atoms with Crippen molar-refractivity contribution < 1.29 is 12.8 Å². The molecule has 3 nitrogen and oxygen atoms in total. The molecular formula is C12H18FNO2S. The van der Waals surface area contributed by atoms with E-state index in [9.17, 15) is 12.8 Å². The van der Waals surface area contributed by atoms with Crippen LogP contribution in [0.15, 0.2) is 18.2 Å². The van der Waals surface area contributed by atoms with Crippen LogP contribution in [0.1, 0.15) is 18.9 Å². The molecule has 0 saturated heterocycles. The Balaban J connectivity index is 2.51. The summed E-state index contributed by atoms with van der Waals surface area (Å²) in [5.41, 5.74) is 1.43. The highest BCUT2D eigenvalue weighted by molar-refractivity contribution is 7.91. The first kappa shape index (κ1) is 14.0. The molecule has 0 heterocycles. The zero-order valence-electron chi connectivity index (χ0n) is 10.2. The molecule has 0 aliphatic carbocycles. The Labute approximate surface area is 102 Å². The van der Waals surface area contributed by atoms with Gasteiger partial charge in [-0.3, -0.25) is 0 Å². The van der Waals surface area contributed by atoms with Gasteiger partial charge in [-0.2, -0.15) is 0 Å². The van der Waals surface area contributed by atoms with Crippen molar-refractivity contribution in [1.82, 2.24) is 0 Å². The van der Waals surface area contributed by atoms with E-state index in [0.29, 0.717) is 18.7 Å². The monoisotopic (exact) mass is 259 g/mol.